The second-order valence-electron chi connectivity index (χ2n) is 9.44. The van der Waals surface area contributed by atoms with Gasteiger partial charge in [0.2, 0.25) is 10.0 Å². The molecule has 8 nitrogen and oxygen atoms in total. The summed E-state index contributed by atoms with van der Waals surface area (Å²) >= 11 is 1.53. The van der Waals surface area contributed by atoms with Crippen molar-refractivity contribution in [2.75, 3.05) is 31.1 Å². The molecular weight excluding hydrogens is 482 g/mol. The Morgan fingerprint density at radius 1 is 1.14 bits per heavy atom. The van der Waals surface area contributed by atoms with E-state index in [4.69, 9.17) is 19.8 Å². The third-order valence-corrected chi connectivity index (χ3v) is 8.12. The second-order valence-corrected chi connectivity index (χ2v) is 11.9. The monoisotopic (exact) mass is 513 g/mol. The number of thiazole rings is 1. The summed E-state index contributed by atoms with van der Waals surface area (Å²) in [7, 11) is -3.81. The molecule has 1 aromatic carbocycles. The normalized spacial score (nSPS) is 17.2. The molecule has 0 atom stereocenters. The lowest BCUT2D eigenvalue weighted by Crippen LogP contribution is -2.47. The highest BCUT2D eigenvalue weighted by Crippen LogP contribution is 2.30. The number of rotatable bonds is 8. The van der Waals surface area contributed by atoms with Gasteiger partial charge in [-0.2, -0.15) is 0 Å². The molecule has 186 valence electrons. The number of pyridine rings is 1. The highest BCUT2D eigenvalue weighted by atomic mass is 32.2. The summed E-state index contributed by atoms with van der Waals surface area (Å²) in [5.41, 5.74) is 2.56. The average Bonchev–Trinajstić information content (AvgIpc) is 3.58. The Kier molecular flexibility index (Phi) is 6.80. The number of ether oxygens (including phenoxy) is 1. The maximum atomic E-state index is 11.9. The van der Waals surface area contributed by atoms with Crippen LogP contribution in [0.1, 0.15) is 37.3 Å². The summed E-state index contributed by atoms with van der Waals surface area (Å²) in [6, 6.07) is 9.68. The number of nitrogens with two attached hydrogens (primary N) is 1. The smallest absolute Gasteiger partial charge is 0.238 e. The molecule has 3 aromatic rings. The zero-order valence-electron chi connectivity index (χ0n) is 20.1. The largest absolute Gasteiger partial charge is 0.491 e. The Balaban J connectivity index is 1.29. The summed E-state index contributed by atoms with van der Waals surface area (Å²) in [6.45, 7) is 8.12. The molecule has 1 aliphatic heterocycles. The number of anilines is 1. The highest BCUT2D eigenvalue weighted by molar-refractivity contribution is 7.89. The van der Waals surface area contributed by atoms with E-state index in [1.54, 1.807) is 12.1 Å². The van der Waals surface area contributed by atoms with Crippen LogP contribution in [0.4, 0.5) is 5.82 Å². The molecule has 1 aliphatic carbocycles. The maximum absolute atomic E-state index is 11.9. The van der Waals surface area contributed by atoms with Gasteiger partial charge in [-0.05, 0) is 57.0 Å². The van der Waals surface area contributed by atoms with Gasteiger partial charge in [0.25, 0.3) is 0 Å². The van der Waals surface area contributed by atoms with Crippen LogP contribution in [0.25, 0.3) is 11.3 Å². The van der Waals surface area contributed by atoms with Crippen molar-refractivity contribution >= 4 is 27.2 Å². The van der Waals surface area contributed by atoms with E-state index in [1.165, 1.54) is 30.2 Å². The van der Waals surface area contributed by atoms with E-state index in [9.17, 15) is 8.42 Å². The number of benzene rings is 1. The zero-order valence-corrected chi connectivity index (χ0v) is 21.7. The molecule has 1 saturated carbocycles. The van der Waals surface area contributed by atoms with E-state index in [2.05, 4.69) is 21.9 Å². The molecule has 0 spiro atoms. The average molecular weight is 514 g/mol. The van der Waals surface area contributed by atoms with Gasteiger partial charge in [-0.3, -0.25) is 4.90 Å². The van der Waals surface area contributed by atoms with Gasteiger partial charge in [0.15, 0.2) is 0 Å². The van der Waals surface area contributed by atoms with E-state index in [0.29, 0.717) is 12.2 Å². The Labute approximate surface area is 210 Å². The molecule has 10 heteroatoms. The van der Waals surface area contributed by atoms with Gasteiger partial charge in [0, 0.05) is 61.3 Å². The molecule has 2 N–H and O–H groups in total. The van der Waals surface area contributed by atoms with Gasteiger partial charge >= 0.3 is 0 Å². The van der Waals surface area contributed by atoms with Gasteiger partial charge in [-0.15, -0.1) is 11.3 Å². The molecule has 3 heterocycles. The molecule has 2 fully saturated rings. The van der Waals surface area contributed by atoms with E-state index < -0.39 is 10.0 Å². The molecule has 5 rings (SSSR count). The summed E-state index contributed by atoms with van der Waals surface area (Å²) in [6.07, 6.45) is 5.00. The first-order valence-corrected chi connectivity index (χ1v) is 14.4. The Morgan fingerprint density at radius 3 is 2.54 bits per heavy atom. The molecule has 0 amide bonds. The van der Waals surface area contributed by atoms with Crippen LogP contribution in [0.5, 0.6) is 5.75 Å². The topological polar surface area (TPSA) is 102 Å². The van der Waals surface area contributed by atoms with Crippen LogP contribution in [0, 0.1) is 0 Å². The number of piperazine rings is 1. The van der Waals surface area contributed by atoms with Crippen LogP contribution in [0.15, 0.2) is 46.8 Å². The Morgan fingerprint density at radius 2 is 1.91 bits per heavy atom. The Bertz CT molecular complexity index is 1280. The standard InChI is InChI=1S/C25H31N5O3S2/c1-17(2)33-23-7-6-21(35(26,31)32)13-19(23)14-25-28-22(16-34-25)18-3-8-24(27-15-18)30-11-9-29(10-12-30)20-4-5-20/h3,6-8,13,15-17,20H,4-5,9-12,14H2,1-2H3,(H2,26,31,32). The first kappa shape index (κ1) is 24.2. The summed E-state index contributed by atoms with van der Waals surface area (Å²) in [5, 5.41) is 8.21. The molecule has 2 aromatic heterocycles. The lowest BCUT2D eigenvalue weighted by molar-refractivity contribution is 0.240. The van der Waals surface area contributed by atoms with E-state index in [1.807, 2.05) is 25.4 Å². The van der Waals surface area contributed by atoms with E-state index in [0.717, 1.165) is 59.9 Å². The third-order valence-electron chi connectivity index (χ3n) is 6.36. The number of aromatic nitrogens is 2. The first-order valence-electron chi connectivity index (χ1n) is 12.0. The van der Waals surface area contributed by atoms with Crippen LogP contribution < -0.4 is 14.8 Å². The van der Waals surface area contributed by atoms with Crippen LogP contribution in [-0.2, 0) is 16.4 Å². The lowest BCUT2D eigenvalue weighted by Gasteiger charge is -2.35. The first-order chi connectivity index (χ1) is 16.8. The van der Waals surface area contributed by atoms with E-state index >= 15 is 0 Å². The van der Waals surface area contributed by atoms with Crippen LogP contribution in [0.3, 0.4) is 0 Å². The fourth-order valence-corrected chi connectivity index (χ4v) is 5.80. The highest BCUT2D eigenvalue weighted by Gasteiger charge is 2.31. The third kappa shape index (κ3) is 5.83. The number of nitrogens with zero attached hydrogens (tertiary/aromatic N) is 4. The van der Waals surface area contributed by atoms with Crippen molar-refractivity contribution in [3.63, 3.8) is 0 Å². The number of primary sulfonamides is 1. The minimum absolute atomic E-state index is 0.0396. The minimum Gasteiger partial charge on any atom is -0.491 e. The van der Waals surface area contributed by atoms with Crippen molar-refractivity contribution in [2.45, 2.75) is 50.2 Å². The molecular formula is C25H31N5O3S2. The van der Waals surface area contributed by atoms with Gasteiger partial charge in [-0.25, -0.2) is 23.5 Å². The predicted molar refractivity (Wildman–Crippen MR) is 139 cm³/mol. The molecule has 0 unspecified atom stereocenters. The van der Waals surface area contributed by atoms with Crippen LogP contribution in [0.2, 0.25) is 0 Å². The molecule has 0 radical (unpaired) electrons. The summed E-state index contributed by atoms with van der Waals surface area (Å²) in [4.78, 5) is 14.5. The zero-order chi connectivity index (χ0) is 24.6. The van der Waals surface area contributed by atoms with Crippen LogP contribution >= 0.6 is 11.3 Å². The number of sulfonamides is 1. The SMILES string of the molecule is CC(C)Oc1ccc(S(N)(=O)=O)cc1Cc1nc(-c2ccc(N3CCN(C4CC4)CC3)nc2)cs1. The van der Waals surface area contributed by atoms with E-state index in [-0.39, 0.29) is 11.0 Å². The summed E-state index contributed by atoms with van der Waals surface area (Å²) in [5.74, 6) is 1.65. The van der Waals surface area contributed by atoms with Crippen molar-refractivity contribution in [2.24, 2.45) is 5.14 Å². The van der Waals surface area contributed by atoms with Gasteiger partial charge in [-0.1, -0.05) is 0 Å². The minimum atomic E-state index is -3.81. The van der Waals surface area contributed by atoms with Crippen molar-refractivity contribution < 1.29 is 13.2 Å². The molecule has 0 bridgehead atoms. The fraction of sp³-hybridized carbons (Fsp3) is 0.440. The maximum Gasteiger partial charge on any atom is 0.238 e. The van der Waals surface area contributed by atoms with Crippen molar-refractivity contribution in [1.29, 1.82) is 0 Å². The summed E-state index contributed by atoms with van der Waals surface area (Å²) < 4.78 is 29.6. The van der Waals surface area contributed by atoms with Gasteiger partial charge < -0.3 is 9.64 Å². The molecule has 1 saturated heterocycles. The van der Waals surface area contributed by atoms with Gasteiger partial charge in [0.05, 0.1) is 21.7 Å². The molecule has 2 aliphatic rings. The fourth-order valence-electron chi connectivity index (χ4n) is 4.41. The Hall–Kier alpha value is -2.53. The lowest BCUT2D eigenvalue weighted by atomic mass is 10.1. The van der Waals surface area contributed by atoms with Crippen molar-refractivity contribution in [3.05, 3.63) is 52.5 Å². The quantitative estimate of drug-likeness (QED) is 0.492. The van der Waals surface area contributed by atoms with Crippen molar-refractivity contribution in [1.82, 2.24) is 14.9 Å². The van der Waals surface area contributed by atoms with Crippen LogP contribution in [-0.4, -0.2) is 61.6 Å². The van der Waals surface area contributed by atoms with Gasteiger partial charge in [0.1, 0.15) is 11.6 Å². The van der Waals surface area contributed by atoms with Crippen molar-refractivity contribution in [3.8, 4) is 17.0 Å². The number of hydrogen-bond acceptors (Lipinski definition) is 8. The predicted octanol–water partition coefficient (Wildman–Crippen LogP) is 3.51. The molecule has 35 heavy (non-hydrogen) atoms. The second kappa shape index (κ2) is 9.85. The number of hydrogen-bond donors (Lipinski definition) is 1.